The first-order valence-electron chi connectivity index (χ1n) is 9.64. The lowest BCUT2D eigenvalue weighted by molar-refractivity contribution is 0.384. The lowest BCUT2D eigenvalue weighted by Gasteiger charge is -2.33. The fourth-order valence-corrected chi connectivity index (χ4v) is 6.38. The minimum atomic E-state index is -3.51. The monoisotopic (exact) mass is 543 g/mol. The second kappa shape index (κ2) is 9.54. The molecule has 0 saturated carbocycles. The number of hydrogen-bond acceptors (Lipinski definition) is 5. The molecule has 5 nitrogen and oxygen atoms in total. The predicted molar refractivity (Wildman–Crippen MR) is 126 cm³/mol. The highest BCUT2D eigenvalue weighted by Crippen LogP contribution is 2.26. The van der Waals surface area contributed by atoms with Gasteiger partial charge in [-0.1, -0.05) is 39.7 Å². The van der Waals surface area contributed by atoms with Crippen LogP contribution in [0.2, 0.25) is 5.02 Å². The average Bonchev–Trinajstić information content (AvgIpc) is 3.21. The minimum Gasteiger partial charge on any atom is -0.345 e. The topological polar surface area (TPSA) is 53.5 Å². The zero-order valence-electron chi connectivity index (χ0n) is 16.5. The van der Waals surface area contributed by atoms with Crippen molar-refractivity contribution in [1.82, 2.24) is 9.29 Å². The second-order valence-electron chi connectivity index (χ2n) is 7.24. The standard InChI is InChI=1S/C21H20BrClFN3O2S2/c22-13-15-1-3-20(4-2-15)31(28,29)27-7-5-26(6-8-27)21-25-19(14-30-21)11-16-9-17(23)12-18(24)10-16/h1-4,9-10,12,14H,5-8,11,13H2. The summed E-state index contributed by atoms with van der Waals surface area (Å²) < 4.78 is 40.9. The average molecular weight is 545 g/mol. The third-order valence-corrected chi connectivity index (χ3v) is 8.80. The molecule has 0 N–H and O–H groups in total. The van der Waals surface area contributed by atoms with Crippen molar-refractivity contribution in [2.24, 2.45) is 0 Å². The number of anilines is 1. The van der Waals surface area contributed by atoms with Crippen LogP contribution in [0, 0.1) is 5.82 Å². The Balaban J connectivity index is 1.39. The molecule has 2 heterocycles. The molecule has 1 aromatic heterocycles. The summed E-state index contributed by atoms with van der Waals surface area (Å²) in [6, 6.07) is 11.4. The van der Waals surface area contributed by atoms with E-state index in [0.29, 0.717) is 47.8 Å². The maximum atomic E-state index is 13.6. The predicted octanol–water partition coefficient (Wildman–Crippen LogP) is 4.93. The van der Waals surface area contributed by atoms with Crippen molar-refractivity contribution >= 4 is 54.0 Å². The van der Waals surface area contributed by atoms with Gasteiger partial charge in [-0.2, -0.15) is 4.31 Å². The summed E-state index contributed by atoms with van der Waals surface area (Å²) in [6.45, 7) is 1.93. The van der Waals surface area contributed by atoms with E-state index in [9.17, 15) is 12.8 Å². The van der Waals surface area contributed by atoms with Crippen LogP contribution in [0.15, 0.2) is 52.7 Å². The van der Waals surface area contributed by atoms with Crippen molar-refractivity contribution < 1.29 is 12.8 Å². The van der Waals surface area contributed by atoms with Crippen molar-refractivity contribution in [3.63, 3.8) is 0 Å². The molecule has 0 amide bonds. The molecule has 0 atom stereocenters. The molecule has 10 heteroatoms. The van der Waals surface area contributed by atoms with Gasteiger partial charge in [0, 0.05) is 48.3 Å². The van der Waals surface area contributed by atoms with E-state index >= 15 is 0 Å². The summed E-state index contributed by atoms with van der Waals surface area (Å²) >= 11 is 10.8. The number of nitrogens with zero attached hydrogens (tertiary/aromatic N) is 3. The molecule has 0 aliphatic carbocycles. The van der Waals surface area contributed by atoms with Crippen LogP contribution in [0.4, 0.5) is 9.52 Å². The molecule has 0 unspecified atom stereocenters. The Hall–Kier alpha value is -1.52. The van der Waals surface area contributed by atoms with Gasteiger partial charge < -0.3 is 4.90 Å². The zero-order valence-corrected chi connectivity index (χ0v) is 20.4. The normalized spacial score (nSPS) is 15.4. The first-order valence-corrected chi connectivity index (χ1v) is 13.5. The molecule has 0 radical (unpaired) electrons. The van der Waals surface area contributed by atoms with Crippen molar-refractivity contribution in [2.75, 3.05) is 31.1 Å². The Morgan fingerprint density at radius 2 is 1.77 bits per heavy atom. The van der Waals surface area contributed by atoms with Gasteiger partial charge in [-0.05, 0) is 41.5 Å². The Morgan fingerprint density at radius 1 is 1.06 bits per heavy atom. The number of rotatable bonds is 6. The number of hydrogen-bond donors (Lipinski definition) is 0. The smallest absolute Gasteiger partial charge is 0.243 e. The molecule has 1 saturated heterocycles. The highest BCUT2D eigenvalue weighted by molar-refractivity contribution is 9.08. The van der Waals surface area contributed by atoms with E-state index in [1.54, 1.807) is 18.2 Å². The van der Waals surface area contributed by atoms with Crippen LogP contribution in [0.5, 0.6) is 0 Å². The molecule has 2 aromatic carbocycles. The van der Waals surface area contributed by atoms with Gasteiger partial charge in [0.2, 0.25) is 10.0 Å². The number of piperazine rings is 1. The lowest BCUT2D eigenvalue weighted by atomic mass is 10.1. The summed E-state index contributed by atoms with van der Waals surface area (Å²) in [5, 5.41) is 3.84. The second-order valence-corrected chi connectivity index (χ2v) is 11.0. The number of halogens is 3. The molecule has 4 rings (SSSR count). The van der Waals surface area contributed by atoms with E-state index < -0.39 is 10.0 Å². The molecule has 0 bridgehead atoms. The Bertz CT molecular complexity index is 1140. The molecule has 164 valence electrons. The molecular formula is C21H20BrClFN3O2S2. The highest BCUT2D eigenvalue weighted by atomic mass is 79.9. The summed E-state index contributed by atoms with van der Waals surface area (Å²) in [7, 11) is -3.51. The first-order chi connectivity index (χ1) is 14.8. The number of thiazole rings is 1. The van der Waals surface area contributed by atoms with Crippen LogP contribution in [-0.2, 0) is 21.8 Å². The van der Waals surface area contributed by atoms with Gasteiger partial charge in [0.15, 0.2) is 5.13 Å². The Kier molecular flexibility index (Phi) is 6.98. The van der Waals surface area contributed by atoms with Gasteiger partial charge in [0.1, 0.15) is 5.82 Å². The highest BCUT2D eigenvalue weighted by Gasteiger charge is 2.29. The van der Waals surface area contributed by atoms with Crippen LogP contribution < -0.4 is 4.90 Å². The maximum absolute atomic E-state index is 13.6. The van der Waals surface area contributed by atoms with Crippen LogP contribution >= 0.6 is 38.9 Å². The summed E-state index contributed by atoms with van der Waals surface area (Å²) in [5.74, 6) is -0.364. The summed E-state index contributed by atoms with van der Waals surface area (Å²) in [5.41, 5.74) is 2.64. The summed E-state index contributed by atoms with van der Waals surface area (Å²) in [6.07, 6.45) is 0.493. The van der Waals surface area contributed by atoms with E-state index in [1.165, 1.54) is 27.8 Å². The molecular weight excluding hydrogens is 525 g/mol. The quantitative estimate of drug-likeness (QED) is 0.413. The van der Waals surface area contributed by atoms with Crippen molar-refractivity contribution in [3.8, 4) is 0 Å². The molecule has 1 aliphatic heterocycles. The molecule has 1 fully saturated rings. The van der Waals surface area contributed by atoms with Crippen molar-refractivity contribution in [3.05, 3.63) is 75.5 Å². The third kappa shape index (κ3) is 5.28. The molecule has 1 aliphatic rings. The van der Waals surface area contributed by atoms with Crippen LogP contribution in [0.25, 0.3) is 0 Å². The van der Waals surface area contributed by atoms with Gasteiger partial charge in [-0.15, -0.1) is 11.3 Å². The van der Waals surface area contributed by atoms with Gasteiger partial charge >= 0.3 is 0 Å². The number of benzene rings is 2. The van der Waals surface area contributed by atoms with Gasteiger partial charge in [0.25, 0.3) is 0 Å². The van der Waals surface area contributed by atoms with E-state index in [0.717, 1.165) is 22.0 Å². The van der Waals surface area contributed by atoms with Crippen LogP contribution in [-0.4, -0.2) is 43.9 Å². The summed E-state index contributed by atoms with van der Waals surface area (Å²) in [4.78, 5) is 7.07. The largest absolute Gasteiger partial charge is 0.345 e. The van der Waals surface area contributed by atoms with Crippen molar-refractivity contribution in [1.29, 1.82) is 0 Å². The van der Waals surface area contributed by atoms with Gasteiger partial charge in [-0.25, -0.2) is 17.8 Å². The van der Waals surface area contributed by atoms with Gasteiger partial charge in [-0.3, -0.25) is 0 Å². The minimum absolute atomic E-state index is 0.316. The molecule has 3 aromatic rings. The third-order valence-electron chi connectivity index (χ3n) is 5.07. The molecule has 0 spiro atoms. The maximum Gasteiger partial charge on any atom is 0.243 e. The number of aromatic nitrogens is 1. The Labute approximate surface area is 198 Å². The van der Waals surface area contributed by atoms with Gasteiger partial charge in [0.05, 0.1) is 10.6 Å². The number of sulfonamides is 1. The first kappa shape index (κ1) is 22.7. The fraction of sp³-hybridized carbons (Fsp3) is 0.286. The SMILES string of the molecule is O=S(=O)(c1ccc(CBr)cc1)N1CCN(c2nc(Cc3cc(F)cc(Cl)c3)cs2)CC1. The van der Waals surface area contributed by atoms with E-state index in [2.05, 4.69) is 25.8 Å². The zero-order chi connectivity index (χ0) is 22.0. The number of alkyl halides is 1. The Morgan fingerprint density at radius 3 is 2.42 bits per heavy atom. The fourth-order valence-electron chi connectivity index (χ4n) is 3.46. The van der Waals surface area contributed by atoms with Crippen LogP contribution in [0.3, 0.4) is 0 Å². The lowest BCUT2D eigenvalue weighted by Crippen LogP contribution is -2.48. The molecule has 31 heavy (non-hydrogen) atoms. The van der Waals surface area contributed by atoms with Crippen LogP contribution in [0.1, 0.15) is 16.8 Å². The van der Waals surface area contributed by atoms with Crippen molar-refractivity contribution in [2.45, 2.75) is 16.6 Å². The van der Waals surface area contributed by atoms with E-state index in [-0.39, 0.29) is 5.82 Å². The van der Waals surface area contributed by atoms with E-state index in [4.69, 9.17) is 11.6 Å². The van der Waals surface area contributed by atoms with E-state index in [1.807, 2.05) is 17.5 Å².